The molecule has 0 aliphatic heterocycles. The molecule has 2 amide bonds. The summed E-state index contributed by atoms with van der Waals surface area (Å²) in [7, 11) is 2.94. The van der Waals surface area contributed by atoms with Gasteiger partial charge in [0, 0.05) is 29.0 Å². The van der Waals surface area contributed by atoms with E-state index in [2.05, 4.69) is 26.0 Å². The Morgan fingerprint density at radius 1 is 1.12 bits per heavy atom. The lowest BCUT2D eigenvalue weighted by Gasteiger charge is -2.15. The van der Waals surface area contributed by atoms with Crippen LogP contribution in [-0.4, -0.2) is 26.2 Å². The van der Waals surface area contributed by atoms with Crippen LogP contribution in [0.1, 0.15) is 5.56 Å². The molecule has 1 N–H and O–H groups in total. The van der Waals surface area contributed by atoms with Crippen molar-refractivity contribution >= 4 is 45.4 Å². The van der Waals surface area contributed by atoms with Crippen LogP contribution in [0.2, 0.25) is 0 Å². The fraction of sp³-hybridized carbons (Fsp3) is 0.111. The number of ether oxygens (including phenoxy) is 1. The van der Waals surface area contributed by atoms with E-state index in [1.807, 2.05) is 24.3 Å². The number of hydrogen-bond acceptors (Lipinski definition) is 3. The lowest BCUT2D eigenvalue weighted by atomic mass is 10.2. The van der Waals surface area contributed by atoms with E-state index in [1.165, 1.54) is 18.1 Å². The van der Waals surface area contributed by atoms with E-state index >= 15 is 0 Å². The molecule has 0 saturated carbocycles. The van der Waals surface area contributed by atoms with Crippen molar-refractivity contribution in [3.8, 4) is 0 Å². The minimum Gasteiger partial charge on any atom is -0.452 e. The summed E-state index contributed by atoms with van der Waals surface area (Å²) < 4.78 is 5.57. The zero-order valence-corrected chi connectivity index (χ0v) is 14.9. The van der Waals surface area contributed by atoms with Crippen LogP contribution in [0.5, 0.6) is 0 Å². The van der Waals surface area contributed by atoms with E-state index in [0.717, 1.165) is 10.0 Å². The molecule has 6 heteroatoms. The van der Waals surface area contributed by atoms with E-state index in [1.54, 1.807) is 37.4 Å². The van der Waals surface area contributed by atoms with Gasteiger partial charge in [-0.15, -0.1) is 0 Å². The van der Waals surface area contributed by atoms with Crippen LogP contribution in [0.25, 0.3) is 6.08 Å². The minimum atomic E-state index is -0.455. The molecule has 0 fully saturated rings. The molecule has 2 aromatic carbocycles. The zero-order valence-electron chi connectivity index (χ0n) is 13.3. The first kappa shape index (κ1) is 17.7. The van der Waals surface area contributed by atoms with E-state index in [4.69, 9.17) is 0 Å². The molecule has 24 heavy (non-hydrogen) atoms. The van der Waals surface area contributed by atoms with Crippen molar-refractivity contribution < 1.29 is 14.3 Å². The number of halogens is 1. The molecule has 0 unspecified atom stereocenters. The van der Waals surface area contributed by atoms with Gasteiger partial charge in [0.1, 0.15) is 0 Å². The number of nitrogens with zero attached hydrogens (tertiary/aromatic N) is 1. The third-order valence-corrected chi connectivity index (χ3v) is 4.01. The first-order valence-electron chi connectivity index (χ1n) is 7.16. The van der Waals surface area contributed by atoms with Crippen LogP contribution < -0.4 is 10.2 Å². The second-order valence-corrected chi connectivity index (χ2v) is 5.77. The van der Waals surface area contributed by atoms with Gasteiger partial charge in [-0.3, -0.25) is 9.69 Å². The monoisotopic (exact) mass is 388 g/mol. The number of nitrogens with one attached hydrogen (secondary N) is 1. The third-order valence-electron chi connectivity index (χ3n) is 3.29. The highest BCUT2D eigenvalue weighted by Gasteiger charge is 2.10. The Labute approximate surface area is 149 Å². The SMILES string of the molecule is COC(=O)N(C)c1ccc(NC(=O)/C=C/c2ccccc2Br)cc1. The smallest absolute Gasteiger partial charge is 0.413 e. The Balaban J connectivity index is 2.00. The van der Waals surface area contributed by atoms with Gasteiger partial charge in [-0.25, -0.2) is 4.79 Å². The predicted molar refractivity (Wildman–Crippen MR) is 99.1 cm³/mol. The van der Waals surface area contributed by atoms with Crippen LogP contribution in [0.3, 0.4) is 0 Å². The van der Waals surface area contributed by atoms with Crippen LogP contribution in [0.4, 0.5) is 16.2 Å². The highest BCUT2D eigenvalue weighted by Crippen LogP contribution is 2.19. The minimum absolute atomic E-state index is 0.236. The quantitative estimate of drug-likeness (QED) is 0.794. The largest absolute Gasteiger partial charge is 0.452 e. The number of methoxy groups -OCH3 is 1. The van der Waals surface area contributed by atoms with Crippen LogP contribution in [0, 0.1) is 0 Å². The molecule has 0 bridgehead atoms. The third kappa shape index (κ3) is 4.70. The fourth-order valence-electron chi connectivity index (χ4n) is 1.97. The summed E-state index contributed by atoms with van der Waals surface area (Å²) in [5, 5.41) is 2.77. The predicted octanol–water partition coefficient (Wildman–Crippen LogP) is 4.30. The van der Waals surface area contributed by atoms with Crippen LogP contribution >= 0.6 is 15.9 Å². The second kappa shape index (κ2) is 8.31. The molecule has 0 heterocycles. The summed E-state index contributed by atoms with van der Waals surface area (Å²) >= 11 is 3.43. The van der Waals surface area contributed by atoms with Gasteiger partial charge in [0.25, 0.3) is 0 Å². The topological polar surface area (TPSA) is 58.6 Å². The second-order valence-electron chi connectivity index (χ2n) is 4.92. The van der Waals surface area contributed by atoms with E-state index in [0.29, 0.717) is 11.4 Å². The number of rotatable bonds is 4. The number of hydrogen-bond donors (Lipinski definition) is 1. The molecule has 0 aliphatic carbocycles. The van der Waals surface area contributed by atoms with Gasteiger partial charge in [-0.05, 0) is 42.0 Å². The Morgan fingerprint density at radius 2 is 1.79 bits per heavy atom. The number of benzene rings is 2. The number of carbonyl (C=O) groups excluding carboxylic acids is 2. The number of carbonyl (C=O) groups is 2. The molecule has 0 atom stereocenters. The lowest BCUT2D eigenvalue weighted by molar-refractivity contribution is -0.111. The summed E-state index contributed by atoms with van der Waals surface area (Å²) in [6, 6.07) is 14.5. The number of amides is 2. The molecular weight excluding hydrogens is 372 g/mol. The van der Waals surface area contributed by atoms with Gasteiger partial charge >= 0.3 is 6.09 Å². The molecule has 124 valence electrons. The van der Waals surface area contributed by atoms with Crippen molar-refractivity contribution in [2.75, 3.05) is 24.4 Å². The summed E-state index contributed by atoms with van der Waals surface area (Å²) in [4.78, 5) is 24.8. The standard InChI is InChI=1S/C18H17BrN2O3/c1-21(18(23)24-2)15-10-8-14(9-11-15)20-17(22)12-7-13-5-3-4-6-16(13)19/h3-12H,1-2H3,(H,20,22)/b12-7+. The molecule has 2 aromatic rings. The molecular formula is C18H17BrN2O3. The summed E-state index contributed by atoms with van der Waals surface area (Å²) in [6.45, 7) is 0. The zero-order chi connectivity index (χ0) is 17.5. The van der Waals surface area contributed by atoms with Crippen molar-refractivity contribution in [1.29, 1.82) is 0 Å². The van der Waals surface area contributed by atoms with Crippen molar-refractivity contribution in [3.63, 3.8) is 0 Å². The molecule has 0 spiro atoms. The van der Waals surface area contributed by atoms with Crippen molar-refractivity contribution in [1.82, 2.24) is 0 Å². The maximum Gasteiger partial charge on any atom is 0.413 e. The lowest BCUT2D eigenvalue weighted by Crippen LogP contribution is -2.25. The molecule has 5 nitrogen and oxygen atoms in total. The summed E-state index contributed by atoms with van der Waals surface area (Å²) in [6.07, 6.45) is 2.75. The average molecular weight is 389 g/mol. The van der Waals surface area contributed by atoms with Crippen LogP contribution in [-0.2, 0) is 9.53 Å². The maximum absolute atomic E-state index is 12.0. The van der Waals surface area contributed by atoms with Crippen molar-refractivity contribution in [2.45, 2.75) is 0 Å². The first-order chi connectivity index (χ1) is 11.5. The molecule has 0 aliphatic rings. The fourth-order valence-corrected chi connectivity index (χ4v) is 2.39. The van der Waals surface area contributed by atoms with Gasteiger partial charge in [-0.1, -0.05) is 34.1 Å². The highest BCUT2D eigenvalue weighted by molar-refractivity contribution is 9.10. The van der Waals surface area contributed by atoms with E-state index in [-0.39, 0.29) is 5.91 Å². The Kier molecular flexibility index (Phi) is 6.14. The van der Waals surface area contributed by atoms with Gasteiger partial charge in [0.2, 0.25) is 5.91 Å². The molecule has 0 radical (unpaired) electrons. The Hall–Kier alpha value is -2.60. The van der Waals surface area contributed by atoms with Crippen LogP contribution in [0.15, 0.2) is 59.1 Å². The average Bonchev–Trinajstić information content (AvgIpc) is 2.60. The van der Waals surface area contributed by atoms with E-state index in [9.17, 15) is 9.59 Å². The number of anilines is 2. The molecule has 0 aromatic heterocycles. The van der Waals surface area contributed by atoms with E-state index < -0.39 is 6.09 Å². The highest BCUT2D eigenvalue weighted by atomic mass is 79.9. The van der Waals surface area contributed by atoms with Gasteiger partial charge in [0.05, 0.1) is 7.11 Å². The van der Waals surface area contributed by atoms with Gasteiger partial charge in [0.15, 0.2) is 0 Å². The molecule has 2 rings (SSSR count). The van der Waals surface area contributed by atoms with Crippen molar-refractivity contribution in [3.05, 3.63) is 64.6 Å². The Bertz CT molecular complexity index is 757. The maximum atomic E-state index is 12.0. The van der Waals surface area contributed by atoms with Gasteiger partial charge in [-0.2, -0.15) is 0 Å². The summed E-state index contributed by atoms with van der Waals surface area (Å²) in [5.74, 6) is -0.236. The normalized spacial score (nSPS) is 10.5. The van der Waals surface area contributed by atoms with Gasteiger partial charge < -0.3 is 10.1 Å². The summed E-state index contributed by atoms with van der Waals surface area (Å²) in [5.41, 5.74) is 2.23. The molecule has 0 saturated heterocycles. The Morgan fingerprint density at radius 3 is 2.42 bits per heavy atom. The van der Waals surface area contributed by atoms with Crippen molar-refractivity contribution in [2.24, 2.45) is 0 Å². The first-order valence-corrected chi connectivity index (χ1v) is 7.96.